The number of nitro benzene ring substituents is 1. The molecule has 1 N–H and O–H groups in total. The summed E-state index contributed by atoms with van der Waals surface area (Å²) in [6.07, 6.45) is 1.07. The molecule has 0 aliphatic carbocycles. The zero-order chi connectivity index (χ0) is 16.7. The molecule has 24 heavy (non-hydrogen) atoms. The van der Waals surface area contributed by atoms with Crippen LogP contribution in [0.5, 0.6) is 0 Å². The molecule has 1 aliphatic heterocycles. The van der Waals surface area contributed by atoms with Crippen molar-refractivity contribution in [1.82, 2.24) is 10.2 Å². The monoisotopic (exact) mass is 448 g/mol. The van der Waals surface area contributed by atoms with E-state index in [0.29, 0.717) is 18.0 Å². The second-order valence-electron chi connectivity index (χ2n) is 5.61. The van der Waals surface area contributed by atoms with E-state index >= 15 is 0 Å². The SMILES string of the molecule is CCNC(=NCc1ccccc1[N+](=O)[O-])N1CCC(COC)C1.I. The van der Waals surface area contributed by atoms with Crippen molar-refractivity contribution < 1.29 is 9.66 Å². The number of nitrogens with one attached hydrogen (secondary N) is 1. The predicted octanol–water partition coefficient (Wildman–Crippen LogP) is 2.65. The van der Waals surface area contributed by atoms with Crippen LogP contribution in [-0.4, -0.2) is 49.1 Å². The number of nitro groups is 1. The Morgan fingerprint density at radius 1 is 1.50 bits per heavy atom. The van der Waals surface area contributed by atoms with Gasteiger partial charge in [0.15, 0.2) is 5.96 Å². The van der Waals surface area contributed by atoms with Crippen LogP contribution in [0.4, 0.5) is 5.69 Å². The van der Waals surface area contributed by atoms with Gasteiger partial charge in [0.2, 0.25) is 0 Å². The van der Waals surface area contributed by atoms with Crippen molar-refractivity contribution in [2.75, 3.05) is 33.4 Å². The van der Waals surface area contributed by atoms with Gasteiger partial charge in [-0.25, -0.2) is 4.99 Å². The maximum atomic E-state index is 11.1. The Kier molecular flexibility index (Phi) is 8.98. The summed E-state index contributed by atoms with van der Waals surface area (Å²) < 4.78 is 5.22. The number of ether oxygens (including phenoxy) is 1. The van der Waals surface area contributed by atoms with E-state index in [9.17, 15) is 10.1 Å². The van der Waals surface area contributed by atoms with Crippen molar-refractivity contribution in [3.63, 3.8) is 0 Å². The summed E-state index contributed by atoms with van der Waals surface area (Å²) in [4.78, 5) is 17.5. The van der Waals surface area contributed by atoms with E-state index in [1.807, 2.05) is 6.92 Å². The van der Waals surface area contributed by atoms with Crippen molar-refractivity contribution in [2.45, 2.75) is 19.9 Å². The molecule has 1 aromatic carbocycles. The highest BCUT2D eigenvalue weighted by atomic mass is 127. The maximum Gasteiger partial charge on any atom is 0.274 e. The van der Waals surface area contributed by atoms with Crippen LogP contribution in [0.3, 0.4) is 0 Å². The highest BCUT2D eigenvalue weighted by molar-refractivity contribution is 14.0. The van der Waals surface area contributed by atoms with Gasteiger partial charge >= 0.3 is 0 Å². The van der Waals surface area contributed by atoms with Crippen molar-refractivity contribution in [3.05, 3.63) is 39.9 Å². The average Bonchev–Trinajstić information content (AvgIpc) is 3.00. The maximum absolute atomic E-state index is 11.1. The highest BCUT2D eigenvalue weighted by Gasteiger charge is 2.24. The second kappa shape index (κ2) is 10.4. The summed E-state index contributed by atoms with van der Waals surface area (Å²) in [5, 5.41) is 14.4. The quantitative estimate of drug-likeness (QED) is 0.238. The Morgan fingerprint density at radius 2 is 2.25 bits per heavy atom. The molecule has 0 amide bonds. The fourth-order valence-corrected chi connectivity index (χ4v) is 2.81. The van der Waals surface area contributed by atoms with Gasteiger partial charge in [-0.15, -0.1) is 24.0 Å². The van der Waals surface area contributed by atoms with Crippen molar-refractivity contribution >= 4 is 35.6 Å². The minimum absolute atomic E-state index is 0. The lowest BCUT2D eigenvalue weighted by Crippen LogP contribution is -2.40. The Morgan fingerprint density at radius 3 is 2.92 bits per heavy atom. The molecule has 0 bridgehead atoms. The van der Waals surface area contributed by atoms with Gasteiger partial charge in [0.05, 0.1) is 23.6 Å². The van der Waals surface area contributed by atoms with Gasteiger partial charge in [-0.2, -0.15) is 0 Å². The number of para-hydroxylation sites is 1. The molecule has 1 heterocycles. The molecule has 0 spiro atoms. The third-order valence-electron chi connectivity index (χ3n) is 3.91. The lowest BCUT2D eigenvalue weighted by molar-refractivity contribution is -0.385. The number of hydrogen-bond acceptors (Lipinski definition) is 4. The van der Waals surface area contributed by atoms with E-state index in [-0.39, 0.29) is 34.6 Å². The Balaban J connectivity index is 0.00000288. The predicted molar refractivity (Wildman–Crippen MR) is 105 cm³/mol. The first-order chi connectivity index (χ1) is 11.2. The molecule has 1 atom stereocenters. The van der Waals surface area contributed by atoms with Crippen LogP contribution < -0.4 is 5.32 Å². The standard InChI is InChI=1S/C16H24N4O3.HI/c1-3-17-16(19-9-8-13(11-19)12-23-2)18-10-14-6-4-5-7-15(14)20(21)22;/h4-7,13H,3,8-12H2,1-2H3,(H,17,18);1H. The molecule has 8 heteroatoms. The molecule has 0 radical (unpaired) electrons. The first kappa shape index (κ1) is 20.6. The fourth-order valence-electron chi connectivity index (χ4n) is 2.81. The van der Waals surface area contributed by atoms with Crippen LogP contribution in [0.2, 0.25) is 0 Å². The smallest absolute Gasteiger partial charge is 0.274 e. The van der Waals surface area contributed by atoms with Crippen molar-refractivity contribution in [1.29, 1.82) is 0 Å². The number of hydrogen-bond donors (Lipinski definition) is 1. The van der Waals surface area contributed by atoms with Crippen LogP contribution in [0.25, 0.3) is 0 Å². The molecule has 7 nitrogen and oxygen atoms in total. The number of halogens is 1. The van der Waals surface area contributed by atoms with Crippen LogP contribution in [0, 0.1) is 16.0 Å². The Hall–Kier alpha value is -1.42. The van der Waals surface area contributed by atoms with Crippen LogP contribution in [0.15, 0.2) is 29.3 Å². The van der Waals surface area contributed by atoms with Crippen LogP contribution >= 0.6 is 24.0 Å². The zero-order valence-corrected chi connectivity index (χ0v) is 16.4. The van der Waals surface area contributed by atoms with Gasteiger partial charge in [0, 0.05) is 38.7 Å². The molecule has 2 rings (SSSR count). The van der Waals surface area contributed by atoms with Crippen LogP contribution in [-0.2, 0) is 11.3 Å². The molecular weight excluding hydrogens is 423 g/mol. The third-order valence-corrected chi connectivity index (χ3v) is 3.91. The van der Waals surface area contributed by atoms with Gasteiger partial charge < -0.3 is 15.0 Å². The summed E-state index contributed by atoms with van der Waals surface area (Å²) in [6, 6.07) is 6.74. The Bertz CT molecular complexity index is 568. The number of benzene rings is 1. The van der Waals surface area contributed by atoms with E-state index in [0.717, 1.165) is 38.6 Å². The largest absolute Gasteiger partial charge is 0.384 e. The van der Waals surface area contributed by atoms with Crippen molar-refractivity contribution in [3.8, 4) is 0 Å². The zero-order valence-electron chi connectivity index (χ0n) is 14.1. The van der Waals surface area contributed by atoms with E-state index < -0.39 is 0 Å². The first-order valence-electron chi connectivity index (χ1n) is 7.90. The minimum atomic E-state index is -0.359. The number of methoxy groups -OCH3 is 1. The summed E-state index contributed by atoms with van der Waals surface area (Å²) in [5.41, 5.74) is 0.742. The fraction of sp³-hybridized carbons (Fsp3) is 0.562. The third kappa shape index (κ3) is 5.59. The minimum Gasteiger partial charge on any atom is -0.384 e. The topological polar surface area (TPSA) is 80.0 Å². The highest BCUT2D eigenvalue weighted by Crippen LogP contribution is 2.20. The van der Waals surface area contributed by atoms with E-state index in [4.69, 9.17) is 4.74 Å². The lowest BCUT2D eigenvalue weighted by atomic mass is 10.1. The molecule has 134 valence electrons. The normalized spacial score (nSPS) is 17.5. The summed E-state index contributed by atoms with van der Waals surface area (Å²) >= 11 is 0. The molecule has 0 aromatic heterocycles. The summed E-state index contributed by atoms with van der Waals surface area (Å²) in [6.45, 7) is 5.66. The molecule has 0 saturated carbocycles. The number of likely N-dealkylation sites (tertiary alicyclic amines) is 1. The summed E-state index contributed by atoms with van der Waals surface area (Å²) in [5.74, 6) is 1.32. The molecule has 1 saturated heterocycles. The van der Waals surface area contributed by atoms with Gasteiger partial charge in [-0.1, -0.05) is 18.2 Å². The Labute approximate surface area is 159 Å². The lowest BCUT2D eigenvalue weighted by Gasteiger charge is -2.21. The number of rotatable bonds is 6. The number of nitrogens with zero attached hydrogens (tertiary/aromatic N) is 3. The second-order valence-corrected chi connectivity index (χ2v) is 5.61. The van der Waals surface area contributed by atoms with Gasteiger partial charge in [0.1, 0.15) is 0 Å². The van der Waals surface area contributed by atoms with Gasteiger partial charge in [-0.3, -0.25) is 10.1 Å². The molecule has 1 fully saturated rings. The first-order valence-corrected chi connectivity index (χ1v) is 7.90. The molecule has 1 aromatic rings. The number of guanidine groups is 1. The average molecular weight is 448 g/mol. The van der Waals surface area contributed by atoms with E-state index in [1.54, 1.807) is 25.3 Å². The van der Waals surface area contributed by atoms with E-state index in [1.165, 1.54) is 6.07 Å². The summed E-state index contributed by atoms with van der Waals surface area (Å²) in [7, 11) is 1.72. The molecule has 1 aliphatic rings. The van der Waals surface area contributed by atoms with E-state index in [2.05, 4.69) is 15.2 Å². The van der Waals surface area contributed by atoms with Gasteiger partial charge in [-0.05, 0) is 13.3 Å². The number of aliphatic imine (C=N–C) groups is 1. The van der Waals surface area contributed by atoms with Crippen molar-refractivity contribution in [2.24, 2.45) is 10.9 Å². The van der Waals surface area contributed by atoms with Gasteiger partial charge in [0.25, 0.3) is 5.69 Å². The molecule has 1 unspecified atom stereocenters. The molecular formula is C16H25IN4O3. The van der Waals surface area contributed by atoms with Crippen LogP contribution in [0.1, 0.15) is 18.9 Å².